The van der Waals surface area contributed by atoms with Crippen LogP contribution in [0.3, 0.4) is 0 Å². The van der Waals surface area contributed by atoms with Crippen LogP contribution in [0, 0.1) is 0 Å². The highest BCUT2D eigenvalue weighted by molar-refractivity contribution is 6.18. The molecule has 0 aliphatic carbocycles. The van der Waals surface area contributed by atoms with Crippen molar-refractivity contribution < 1.29 is 9.47 Å². The highest BCUT2D eigenvalue weighted by Gasteiger charge is 2.19. The molecule has 106 valence electrons. The van der Waals surface area contributed by atoms with Gasteiger partial charge in [-0.3, -0.25) is 4.90 Å². The average molecular weight is 285 g/mol. The molecule has 1 aromatic rings. The summed E-state index contributed by atoms with van der Waals surface area (Å²) in [6.07, 6.45) is 0. The fourth-order valence-corrected chi connectivity index (χ4v) is 2.62. The second kappa shape index (κ2) is 6.87. The van der Waals surface area contributed by atoms with Gasteiger partial charge in [-0.15, -0.1) is 11.6 Å². The zero-order valence-corrected chi connectivity index (χ0v) is 12.3. The van der Waals surface area contributed by atoms with Gasteiger partial charge in [0.2, 0.25) is 0 Å². The van der Waals surface area contributed by atoms with Crippen LogP contribution in [0.1, 0.15) is 0 Å². The molecule has 0 radical (unpaired) electrons. The Morgan fingerprint density at radius 2 is 1.84 bits per heavy atom. The standard InChI is InChI=1S/C14H21ClN2O2/c1-18-12-3-4-13(14(11-12)19-2)17-9-7-16(6-5-15)8-10-17/h3-4,11H,5-10H2,1-2H3. The first-order valence-electron chi connectivity index (χ1n) is 6.53. The quantitative estimate of drug-likeness (QED) is 0.773. The molecule has 19 heavy (non-hydrogen) atoms. The second-order valence-corrected chi connectivity index (χ2v) is 4.93. The van der Waals surface area contributed by atoms with E-state index in [0.29, 0.717) is 5.88 Å². The van der Waals surface area contributed by atoms with Gasteiger partial charge in [0.25, 0.3) is 0 Å². The minimum atomic E-state index is 0.700. The molecule has 0 atom stereocenters. The normalized spacial score (nSPS) is 16.5. The molecule has 1 saturated heterocycles. The SMILES string of the molecule is COc1ccc(N2CCN(CCCl)CC2)c(OC)c1. The number of nitrogens with zero attached hydrogens (tertiary/aromatic N) is 2. The van der Waals surface area contributed by atoms with Gasteiger partial charge in [0, 0.05) is 44.7 Å². The van der Waals surface area contributed by atoms with Crippen LogP contribution in [-0.2, 0) is 0 Å². The van der Waals surface area contributed by atoms with E-state index >= 15 is 0 Å². The summed E-state index contributed by atoms with van der Waals surface area (Å²) in [5.41, 5.74) is 1.13. The third-order valence-electron chi connectivity index (χ3n) is 3.50. The molecule has 1 aromatic carbocycles. The number of piperazine rings is 1. The van der Waals surface area contributed by atoms with Gasteiger partial charge in [-0.25, -0.2) is 0 Å². The lowest BCUT2D eigenvalue weighted by Crippen LogP contribution is -2.47. The molecule has 0 saturated carbocycles. The van der Waals surface area contributed by atoms with Crippen molar-refractivity contribution in [3.05, 3.63) is 18.2 Å². The van der Waals surface area contributed by atoms with E-state index in [2.05, 4.69) is 15.9 Å². The predicted molar refractivity (Wildman–Crippen MR) is 78.9 cm³/mol. The summed E-state index contributed by atoms with van der Waals surface area (Å²) in [4.78, 5) is 4.74. The average Bonchev–Trinajstić information content (AvgIpc) is 2.48. The molecule has 1 heterocycles. The number of hydrogen-bond donors (Lipinski definition) is 0. The Hall–Kier alpha value is -1.13. The minimum absolute atomic E-state index is 0.700. The van der Waals surface area contributed by atoms with E-state index < -0.39 is 0 Å². The molecular formula is C14H21ClN2O2. The number of rotatable bonds is 5. The number of alkyl halides is 1. The molecule has 1 aliphatic rings. The van der Waals surface area contributed by atoms with Crippen molar-refractivity contribution in [2.75, 3.05) is 57.7 Å². The van der Waals surface area contributed by atoms with Crippen LogP contribution in [0.25, 0.3) is 0 Å². The van der Waals surface area contributed by atoms with Crippen LogP contribution in [0.2, 0.25) is 0 Å². The van der Waals surface area contributed by atoms with Crippen molar-refractivity contribution in [3.8, 4) is 11.5 Å². The summed E-state index contributed by atoms with van der Waals surface area (Å²) in [5, 5.41) is 0. The fourth-order valence-electron chi connectivity index (χ4n) is 2.38. The van der Waals surface area contributed by atoms with Gasteiger partial charge in [-0.2, -0.15) is 0 Å². The Labute approximate surface area is 119 Å². The zero-order valence-electron chi connectivity index (χ0n) is 11.6. The van der Waals surface area contributed by atoms with Crippen molar-refractivity contribution in [3.63, 3.8) is 0 Å². The first-order chi connectivity index (χ1) is 9.28. The Bertz CT molecular complexity index is 406. The zero-order chi connectivity index (χ0) is 13.7. The summed E-state index contributed by atoms with van der Waals surface area (Å²) >= 11 is 5.78. The minimum Gasteiger partial charge on any atom is -0.497 e. The van der Waals surface area contributed by atoms with Crippen molar-refractivity contribution >= 4 is 17.3 Å². The number of benzene rings is 1. The number of hydrogen-bond acceptors (Lipinski definition) is 4. The summed E-state index contributed by atoms with van der Waals surface area (Å²) < 4.78 is 10.7. The first-order valence-corrected chi connectivity index (χ1v) is 7.07. The molecule has 4 nitrogen and oxygen atoms in total. The number of halogens is 1. The van der Waals surface area contributed by atoms with Gasteiger partial charge in [-0.1, -0.05) is 0 Å². The third kappa shape index (κ3) is 3.45. The van der Waals surface area contributed by atoms with Crippen LogP contribution in [0.15, 0.2) is 18.2 Å². The van der Waals surface area contributed by atoms with Gasteiger partial charge < -0.3 is 14.4 Å². The Morgan fingerprint density at radius 3 is 2.42 bits per heavy atom. The highest BCUT2D eigenvalue weighted by atomic mass is 35.5. The molecule has 1 aliphatic heterocycles. The van der Waals surface area contributed by atoms with Gasteiger partial charge >= 0.3 is 0 Å². The Balaban J connectivity index is 2.06. The van der Waals surface area contributed by atoms with Gasteiger partial charge in [-0.05, 0) is 12.1 Å². The monoisotopic (exact) mass is 284 g/mol. The van der Waals surface area contributed by atoms with E-state index in [1.165, 1.54) is 0 Å². The van der Waals surface area contributed by atoms with Crippen LogP contribution in [0.4, 0.5) is 5.69 Å². The van der Waals surface area contributed by atoms with Gasteiger partial charge in [0.05, 0.1) is 19.9 Å². The van der Waals surface area contributed by atoms with E-state index in [0.717, 1.165) is 49.9 Å². The molecule has 0 bridgehead atoms. The van der Waals surface area contributed by atoms with Crippen LogP contribution in [0.5, 0.6) is 11.5 Å². The summed E-state index contributed by atoms with van der Waals surface area (Å²) in [5.74, 6) is 2.39. The van der Waals surface area contributed by atoms with Gasteiger partial charge in [0.15, 0.2) is 0 Å². The van der Waals surface area contributed by atoms with Crippen molar-refractivity contribution in [1.82, 2.24) is 4.90 Å². The number of methoxy groups -OCH3 is 2. The molecule has 0 N–H and O–H groups in total. The Morgan fingerprint density at radius 1 is 1.11 bits per heavy atom. The lowest BCUT2D eigenvalue weighted by atomic mass is 10.2. The molecular weight excluding hydrogens is 264 g/mol. The van der Waals surface area contributed by atoms with E-state index in [4.69, 9.17) is 21.1 Å². The number of ether oxygens (including phenoxy) is 2. The van der Waals surface area contributed by atoms with Crippen LogP contribution >= 0.6 is 11.6 Å². The summed E-state index contributed by atoms with van der Waals surface area (Å²) in [6, 6.07) is 5.97. The fraction of sp³-hybridized carbons (Fsp3) is 0.571. The van der Waals surface area contributed by atoms with Crippen LogP contribution < -0.4 is 14.4 Å². The summed E-state index contributed by atoms with van der Waals surface area (Å²) in [6.45, 7) is 5.05. The lowest BCUT2D eigenvalue weighted by Gasteiger charge is -2.36. The van der Waals surface area contributed by atoms with Crippen molar-refractivity contribution in [2.24, 2.45) is 0 Å². The Kier molecular flexibility index (Phi) is 5.16. The van der Waals surface area contributed by atoms with Gasteiger partial charge in [0.1, 0.15) is 11.5 Å². The topological polar surface area (TPSA) is 24.9 Å². The van der Waals surface area contributed by atoms with E-state index in [9.17, 15) is 0 Å². The molecule has 0 aromatic heterocycles. The predicted octanol–water partition coefficient (Wildman–Crippen LogP) is 2.06. The van der Waals surface area contributed by atoms with E-state index in [1.807, 2.05) is 12.1 Å². The lowest BCUT2D eigenvalue weighted by molar-refractivity contribution is 0.271. The summed E-state index contributed by atoms with van der Waals surface area (Å²) in [7, 11) is 3.36. The molecule has 0 amide bonds. The van der Waals surface area contributed by atoms with E-state index in [-0.39, 0.29) is 0 Å². The molecule has 0 unspecified atom stereocenters. The third-order valence-corrected chi connectivity index (χ3v) is 3.67. The molecule has 0 spiro atoms. The second-order valence-electron chi connectivity index (χ2n) is 4.56. The first kappa shape index (κ1) is 14.3. The molecule has 2 rings (SSSR count). The number of anilines is 1. The maximum Gasteiger partial charge on any atom is 0.145 e. The van der Waals surface area contributed by atoms with Crippen molar-refractivity contribution in [2.45, 2.75) is 0 Å². The molecule has 5 heteroatoms. The van der Waals surface area contributed by atoms with Crippen LogP contribution in [-0.4, -0.2) is 57.7 Å². The van der Waals surface area contributed by atoms with Crippen molar-refractivity contribution in [1.29, 1.82) is 0 Å². The van der Waals surface area contributed by atoms with E-state index in [1.54, 1.807) is 14.2 Å². The largest absolute Gasteiger partial charge is 0.497 e. The smallest absolute Gasteiger partial charge is 0.145 e. The maximum absolute atomic E-state index is 5.78. The maximum atomic E-state index is 5.78. The highest BCUT2D eigenvalue weighted by Crippen LogP contribution is 2.32. The molecule has 1 fully saturated rings.